The number of rotatable bonds is 1. The third-order valence-electron chi connectivity index (χ3n) is 2.79. The van der Waals surface area contributed by atoms with Gasteiger partial charge in [0.05, 0.1) is 0 Å². The minimum absolute atomic E-state index is 0.0306. The smallest absolute Gasteiger partial charge is 0.250 e. The van der Waals surface area contributed by atoms with E-state index in [-0.39, 0.29) is 5.56 Å². The van der Waals surface area contributed by atoms with Crippen LogP contribution in [0.4, 0.5) is 0 Å². The van der Waals surface area contributed by atoms with Crippen molar-refractivity contribution in [2.24, 2.45) is 0 Å². The first kappa shape index (κ1) is 11.0. The molecule has 2 nitrogen and oxygen atoms in total. The van der Waals surface area contributed by atoms with Crippen molar-refractivity contribution in [1.82, 2.24) is 4.98 Å². The van der Waals surface area contributed by atoms with Gasteiger partial charge >= 0.3 is 0 Å². The molecule has 2 rings (SSSR count). The molecule has 0 aliphatic heterocycles. The Balaban J connectivity index is 0.000000461. The first-order valence-electron chi connectivity index (χ1n) is 5.32. The van der Waals surface area contributed by atoms with E-state index in [1.165, 1.54) is 18.4 Å². The largest absolute Gasteiger partial charge is 0.329 e. The van der Waals surface area contributed by atoms with Gasteiger partial charge in [-0.2, -0.15) is 0 Å². The molecular formula is C12H19NO. The van der Waals surface area contributed by atoms with Crippen molar-refractivity contribution >= 4 is 0 Å². The lowest BCUT2D eigenvalue weighted by molar-refractivity contribution is 0.777. The Bertz CT molecular complexity index is 361. The van der Waals surface area contributed by atoms with Crippen LogP contribution in [0.15, 0.2) is 17.1 Å². The van der Waals surface area contributed by atoms with Crippen molar-refractivity contribution in [3.63, 3.8) is 0 Å². The van der Waals surface area contributed by atoms with E-state index in [2.05, 4.69) is 11.9 Å². The van der Waals surface area contributed by atoms with Gasteiger partial charge in [-0.15, -0.1) is 0 Å². The van der Waals surface area contributed by atoms with Gasteiger partial charge in [0.25, 0.3) is 5.56 Å². The van der Waals surface area contributed by atoms with Gasteiger partial charge < -0.3 is 4.98 Å². The highest BCUT2D eigenvalue weighted by molar-refractivity contribution is 5.29. The van der Waals surface area contributed by atoms with E-state index in [1.54, 1.807) is 0 Å². The maximum absolute atomic E-state index is 11.1. The lowest BCUT2D eigenvalue weighted by Crippen LogP contribution is -2.12. The number of nitrogens with one attached hydrogen (secondary N) is 1. The summed E-state index contributed by atoms with van der Waals surface area (Å²) in [6, 6.07) is 2.01. The molecule has 1 aromatic heterocycles. The molecule has 0 spiro atoms. The second kappa shape index (κ2) is 3.99. The zero-order chi connectivity index (χ0) is 10.8. The molecule has 0 bridgehead atoms. The summed E-state index contributed by atoms with van der Waals surface area (Å²) in [5.74, 6) is 0. The van der Waals surface area contributed by atoms with Crippen LogP contribution in [0.5, 0.6) is 0 Å². The van der Waals surface area contributed by atoms with Gasteiger partial charge in [-0.25, -0.2) is 0 Å². The van der Waals surface area contributed by atoms with Crippen LogP contribution in [-0.4, -0.2) is 4.98 Å². The molecule has 0 radical (unpaired) electrons. The van der Waals surface area contributed by atoms with Gasteiger partial charge in [0.15, 0.2) is 0 Å². The summed E-state index contributed by atoms with van der Waals surface area (Å²) in [7, 11) is 0. The van der Waals surface area contributed by atoms with Gasteiger partial charge in [0.2, 0.25) is 0 Å². The lowest BCUT2D eigenvalue weighted by atomic mass is 9.99. The predicted octanol–water partition coefficient (Wildman–Crippen LogP) is 2.76. The molecule has 2 heteroatoms. The Hall–Kier alpha value is -1.05. The number of pyridine rings is 1. The van der Waals surface area contributed by atoms with Crippen LogP contribution in [0.1, 0.15) is 44.7 Å². The highest BCUT2D eigenvalue weighted by atomic mass is 16.1. The van der Waals surface area contributed by atoms with Crippen LogP contribution in [-0.2, 0) is 5.41 Å². The molecule has 14 heavy (non-hydrogen) atoms. The van der Waals surface area contributed by atoms with Crippen LogP contribution in [0.2, 0.25) is 0 Å². The highest BCUT2D eigenvalue weighted by Gasteiger charge is 2.39. The van der Waals surface area contributed by atoms with Crippen LogP contribution in [0, 0.1) is 6.92 Å². The molecular weight excluding hydrogens is 174 g/mol. The molecule has 1 aromatic rings. The summed E-state index contributed by atoms with van der Waals surface area (Å²) in [5, 5.41) is 0. The fourth-order valence-corrected chi connectivity index (χ4v) is 1.42. The Morgan fingerprint density at radius 2 is 1.93 bits per heavy atom. The number of aromatic nitrogens is 1. The van der Waals surface area contributed by atoms with E-state index in [4.69, 9.17) is 0 Å². The van der Waals surface area contributed by atoms with E-state index in [1.807, 2.05) is 33.0 Å². The van der Waals surface area contributed by atoms with Gasteiger partial charge in [0, 0.05) is 11.8 Å². The summed E-state index contributed by atoms with van der Waals surface area (Å²) in [5.41, 5.74) is 2.48. The predicted molar refractivity (Wildman–Crippen MR) is 59.7 cm³/mol. The topological polar surface area (TPSA) is 32.9 Å². The Morgan fingerprint density at radius 3 is 2.36 bits per heavy atom. The molecule has 1 fully saturated rings. The van der Waals surface area contributed by atoms with Crippen molar-refractivity contribution in [3.8, 4) is 0 Å². The minimum Gasteiger partial charge on any atom is -0.329 e. The van der Waals surface area contributed by atoms with E-state index in [9.17, 15) is 4.79 Å². The van der Waals surface area contributed by atoms with Gasteiger partial charge in [-0.05, 0) is 36.8 Å². The zero-order valence-corrected chi connectivity index (χ0v) is 9.48. The van der Waals surface area contributed by atoms with E-state index >= 15 is 0 Å². The maximum atomic E-state index is 11.1. The number of hydrogen-bond donors (Lipinski definition) is 1. The second-order valence-electron chi connectivity index (χ2n) is 3.96. The normalized spacial score (nSPS) is 16.9. The molecule has 1 N–H and O–H groups in total. The maximum Gasteiger partial charge on any atom is 0.250 e. The van der Waals surface area contributed by atoms with E-state index in [0.717, 1.165) is 5.56 Å². The average Bonchev–Trinajstić information content (AvgIpc) is 2.93. The van der Waals surface area contributed by atoms with E-state index in [0.29, 0.717) is 5.41 Å². The molecule has 1 heterocycles. The van der Waals surface area contributed by atoms with Crippen LogP contribution < -0.4 is 5.56 Å². The quantitative estimate of drug-likeness (QED) is 0.731. The van der Waals surface area contributed by atoms with Crippen molar-refractivity contribution in [1.29, 1.82) is 0 Å². The fourth-order valence-electron chi connectivity index (χ4n) is 1.42. The molecule has 1 aliphatic carbocycles. The second-order valence-corrected chi connectivity index (χ2v) is 3.96. The van der Waals surface area contributed by atoms with Crippen molar-refractivity contribution < 1.29 is 0 Å². The molecule has 0 unspecified atom stereocenters. The molecule has 0 atom stereocenters. The van der Waals surface area contributed by atoms with Crippen LogP contribution in [0.3, 0.4) is 0 Å². The number of hydrogen-bond acceptors (Lipinski definition) is 1. The standard InChI is InChI=1S/C10H13NO.C2H6/c1-7-5-8(6-11-9(7)12)10(2)3-4-10;1-2/h5-6H,3-4H2,1-2H3,(H,11,12);1-2H3. The summed E-state index contributed by atoms with van der Waals surface area (Å²) in [6.45, 7) is 8.09. The molecule has 0 amide bonds. The molecule has 0 saturated heterocycles. The first-order valence-corrected chi connectivity index (χ1v) is 5.32. The van der Waals surface area contributed by atoms with Gasteiger partial charge in [0.1, 0.15) is 0 Å². The van der Waals surface area contributed by atoms with E-state index < -0.39 is 0 Å². The number of H-pyrrole nitrogens is 1. The van der Waals surface area contributed by atoms with Crippen molar-refractivity contribution in [2.45, 2.75) is 46.0 Å². The van der Waals surface area contributed by atoms with Crippen LogP contribution >= 0.6 is 0 Å². The molecule has 1 saturated carbocycles. The average molecular weight is 193 g/mol. The van der Waals surface area contributed by atoms with Crippen molar-refractivity contribution in [2.75, 3.05) is 0 Å². The van der Waals surface area contributed by atoms with Crippen LogP contribution in [0.25, 0.3) is 0 Å². The molecule has 78 valence electrons. The van der Waals surface area contributed by atoms with Crippen molar-refractivity contribution in [3.05, 3.63) is 33.7 Å². The highest BCUT2D eigenvalue weighted by Crippen LogP contribution is 2.47. The number of aryl methyl sites for hydroxylation is 1. The first-order chi connectivity index (χ1) is 6.62. The Labute approximate surface area is 85.4 Å². The third kappa shape index (κ3) is 2.06. The Kier molecular flexibility index (Phi) is 3.14. The third-order valence-corrected chi connectivity index (χ3v) is 2.79. The fraction of sp³-hybridized carbons (Fsp3) is 0.583. The lowest BCUT2D eigenvalue weighted by Gasteiger charge is -2.07. The Morgan fingerprint density at radius 1 is 1.36 bits per heavy atom. The summed E-state index contributed by atoms with van der Waals surface area (Å²) >= 11 is 0. The zero-order valence-electron chi connectivity index (χ0n) is 9.48. The van der Waals surface area contributed by atoms with Gasteiger partial charge in [-0.3, -0.25) is 4.79 Å². The summed E-state index contributed by atoms with van der Waals surface area (Å²) in [6.07, 6.45) is 4.35. The SMILES string of the molecule is CC.Cc1cc(C2(C)CC2)c[nH]c1=O. The van der Waals surface area contributed by atoms with Gasteiger partial charge in [-0.1, -0.05) is 20.8 Å². The molecule has 1 aliphatic rings. The summed E-state index contributed by atoms with van der Waals surface area (Å²) < 4.78 is 0. The summed E-state index contributed by atoms with van der Waals surface area (Å²) in [4.78, 5) is 13.8. The minimum atomic E-state index is 0.0306. The number of aromatic amines is 1. The monoisotopic (exact) mass is 193 g/mol. The molecule has 0 aromatic carbocycles.